The number of hydrogen-bond acceptors (Lipinski definition) is 7. The molecule has 0 aliphatic carbocycles. The van der Waals surface area contributed by atoms with Crippen LogP contribution in [0.3, 0.4) is 0 Å². The summed E-state index contributed by atoms with van der Waals surface area (Å²) in [5.41, 5.74) is 0.771. The van der Waals surface area contributed by atoms with Crippen molar-refractivity contribution in [2.75, 3.05) is 24.6 Å². The van der Waals surface area contributed by atoms with Crippen LogP contribution in [0.4, 0.5) is 5.82 Å². The molecule has 0 radical (unpaired) electrons. The molecule has 1 unspecified atom stereocenters. The maximum Gasteiger partial charge on any atom is 0.232 e. The van der Waals surface area contributed by atoms with Gasteiger partial charge in [0.15, 0.2) is 11.5 Å². The predicted octanol–water partition coefficient (Wildman–Crippen LogP) is 1.13. The standard InChI is InChI=1S/C15H17N7O/c1-11-18-19-13-2-3-14(20-22(11)13)21-7-4-12(9-21)10-23-15-8-16-5-6-17-15/h2-3,5-6,8,12H,4,7,9-10H2,1H3. The molecule has 1 aliphatic rings. The molecule has 8 heteroatoms. The van der Waals surface area contributed by atoms with Crippen molar-refractivity contribution in [1.82, 2.24) is 29.8 Å². The first-order valence-corrected chi connectivity index (χ1v) is 7.62. The first-order chi connectivity index (χ1) is 11.3. The number of rotatable bonds is 4. The van der Waals surface area contributed by atoms with Gasteiger partial charge in [-0.2, -0.15) is 4.52 Å². The van der Waals surface area contributed by atoms with Crippen LogP contribution in [0.2, 0.25) is 0 Å². The van der Waals surface area contributed by atoms with Gasteiger partial charge in [-0.3, -0.25) is 4.98 Å². The molecule has 0 amide bonds. The largest absolute Gasteiger partial charge is 0.476 e. The Morgan fingerprint density at radius 3 is 3.09 bits per heavy atom. The number of anilines is 1. The van der Waals surface area contributed by atoms with Crippen LogP contribution in [0.15, 0.2) is 30.7 Å². The summed E-state index contributed by atoms with van der Waals surface area (Å²) in [4.78, 5) is 10.4. The molecule has 0 bridgehead atoms. The monoisotopic (exact) mass is 311 g/mol. The molecule has 118 valence electrons. The first-order valence-electron chi connectivity index (χ1n) is 7.62. The molecule has 0 spiro atoms. The smallest absolute Gasteiger partial charge is 0.232 e. The van der Waals surface area contributed by atoms with Gasteiger partial charge in [-0.15, -0.1) is 15.3 Å². The topological polar surface area (TPSA) is 81.3 Å². The van der Waals surface area contributed by atoms with Gasteiger partial charge in [-0.05, 0) is 25.5 Å². The second kappa shape index (κ2) is 5.79. The number of ether oxygens (including phenoxy) is 1. The summed E-state index contributed by atoms with van der Waals surface area (Å²) in [5, 5.41) is 12.7. The zero-order chi connectivity index (χ0) is 15.6. The molecule has 0 N–H and O–H groups in total. The highest BCUT2D eigenvalue weighted by Crippen LogP contribution is 2.23. The number of aromatic nitrogens is 6. The van der Waals surface area contributed by atoms with Crippen molar-refractivity contribution in [3.63, 3.8) is 0 Å². The summed E-state index contributed by atoms with van der Waals surface area (Å²) in [5.74, 6) is 2.77. The number of nitrogens with zero attached hydrogens (tertiary/aromatic N) is 7. The van der Waals surface area contributed by atoms with E-state index in [4.69, 9.17) is 4.74 Å². The van der Waals surface area contributed by atoms with Gasteiger partial charge < -0.3 is 9.64 Å². The van der Waals surface area contributed by atoms with E-state index in [1.54, 1.807) is 23.1 Å². The lowest BCUT2D eigenvalue weighted by molar-refractivity contribution is 0.251. The summed E-state index contributed by atoms with van der Waals surface area (Å²) in [6, 6.07) is 3.95. The van der Waals surface area contributed by atoms with Crippen LogP contribution >= 0.6 is 0 Å². The van der Waals surface area contributed by atoms with Gasteiger partial charge in [-0.25, -0.2) is 4.98 Å². The molecular formula is C15H17N7O. The van der Waals surface area contributed by atoms with E-state index in [0.29, 0.717) is 18.4 Å². The Balaban J connectivity index is 1.41. The summed E-state index contributed by atoms with van der Waals surface area (Å²) < 4.78 is 7.48. The lowest BCUT2D eigenvalue weighted by atomic mass is 10.1. The first kappa shape index (κ1) is 13.9. The fourth-order valence-corrected chi connectivity index (χ4v) is 2.80. The second-order valence-corrected chi connectivity index (χ2v) is 5.66. The van der Waals surface area contributed by atoms with Crippen LogP contribution in [0.25, 0.3) is 5.65 Å². The third kappa shape index (κ3) is 2.79. The maximum atomic E-state index is 5.71. The van der Waals surface area contributed by atoms with Crippen LogP contribution in [0, 0.1) is 12.8 Å². The molecule has 23 heavy (non-hydrogen) atoms. The maximum absolute atomic E-state index is 5.71. The highest BCUT2D eigenvalue weighted by atomic mass is 16.5. The van der Waals surface area contributed by atoms with E-state index < -0.39 is 0 Å². The Hall–Kier alpha value is -2.77. The van der Waals surface area contributed by atoms with Crippen molar-refractivity contribution in [1.29, 1.82) is 0 Å². The molecule has 3 aromatic rings. The summed E-state index contributed by atoms with van der Waals surface area (Å²) in [6.07, 6.45) is 5.98. The van der Waals surface area contributed by atoms with Crippen LogP contribution in [-0.4, -0.2) is 49.5 Å². The SMILES string of the molecule is Cc1nnc2ccc(N3CCC(COc4cnccn4)C3)nn12. The van der Waals surface area contributed by atoms with E-state index in [2.05, 4.69) is 30.2 Å². The van der Waals surface area contributed by atoms with E-state index in [1.807, 2.05) is 19.1 Å². The normalized spacial score (nSPS) is 17.8. The molecule has 0 saturated carbocycles. The third-order valence-corrected chi connectivity index (χ3v) is 4.02. The minimum atomic E-state index is 0.455. The number of hydrogen-bond donors (Lipinski definition) is 0. The molecule has 3 aromatic heterocycles. The Morgan fingerprint density at radius 2 is 2.22 bits per heavy atom. The average molecular weight is 311 g/mol. The minimum absolute atomic E-state index is 0.455. The molecule has 1 saturated heterocycles. The van der Waals surface area contributed by atoms with Crippen molar-refractivity contribution in [3.8, 4) is 5.88 Å². The van der Waals surface area contributed by atoms with E-state index in [9.17, 15) is 0 Å². The fourth-order valence-electron chi connectivity index (χ4n) is 2.80. The van der Waals surface area contributed by atoms with Gasteiger partial charge in [0.25, 0.3) is 0 Å². The van der Waals surface area contributed by atoms with Crippen molar-refractivity contribution in [2.45, 2.75) is 13.3 Å². The van der Waals surface area contributed by atoms with Gasteiger partial charge in [-0.1, -0.05) is 0 Å². The van der Waals surface area contributed by atoms with Gasteiger partial charge in [0.2, 0.25) is 5.88 Å². The lowest BCUT2D eigenvalue weighted by Crippen LogP contribution is -2.23. The molecule has 4 rings (SSSR count). The average Bonchev–Trinajstić information content (AvgIpc) is 3.21. The van der Waals surface area contributed by atoms with Crippen molar-refractivity contribution >= 4 is 11.5 Å². The fraction of sp³-hybridized carbons (Fsp3) is 0.400. The van der Waals surface area contributed by atoms with Crippen molar-refractivity contribution in [2.24, 2.45) is 5.92 Å². The molecule has 8 nitrogen and oxygen atoms in total. The second-order valence-electron chi connectivity index (χ2n) is 5.66. The highest BCUT2D eigenvalue weighted by molar-refractivity contribution is 5.46. The molecule has 1 fully saturated rings. The molecule has 1 aliphatic heterocycles. The number of fused-ring (bicyclic) bond motifs is 1. The van der Waals surface area contributed by atoms with Gasteiger partial charge in [0.1, 0.15) is 5.82 Å². The third-order valence-electron chi connectivity index (χ3n) is 4.02. The highest BCUT2D eigenvalue weighted by Gasteiger charge is 2.24. The van der Waals surface area contributed by atoms with Gasteiger partial charge >= 0.3 is 0 Å². The zero-order valence-corrected chi connectivity index (χ0v) is 12.8. The van der Waals surface area contributed by atoms with Crippen LogP contribution < -0.4 is 9.64 Å². The molecule has 1 atom stereocenters. The van der Waals surface area contributed by atoms with E-state index in [-0.39, 0.29) is 0 Å². The van der Waals surface area contributed by atoms with Crippen molar-refractivity contribution < 1.29 is 4.74 Å². The van der Waals surface area contributed by atoms with Crippen LogP contribution in [-0.2, 0) is 0 Å². The Kier molecular flexibility index (Phi) is 3.49. The van der Waals surface area contributed by atoms with Gasteiger partial charge in [0.05, 0.1) is 12.8 Å². The minimum Gasteiger partial charge on any atom is -0.476 e. The Labute approximate surface area is 133 Å². The Bertz CT molecular complexity index is 804. The molecule has 0 aromatic carbocycles. The van der Waals surface area contributed by atoms with E-state index in [0.717, 1.165) is 36.8 Å². The zero-order valence-electron chi connectivity index (χ0n) is 12.8. The summed E-state index contributed by atoms with van der Waals surface area (Å²) in [6.45, 7) is 4.43. The predicted molar refractivity (Wildman–Crippen MR) is 83.4 cm³/mol. The lowest BCUT2D eigenvalue weighted by Gasteiger charge is -2.17. The van der Waals surface area contributed by atoms with Crippen molar-refractivity contribution in [3.05, 3.63) is 36.5 Å². The molecular weight excluding hydrogens is 294 g/mol. The summed E-state index contributed by atoms with van der Waals surface area (Å²) in [7, 11) is 0. The van der Waals surface area contributed by atoms with E-state index in [1.165, 1.54) is 0 Å². The number of aryl methyl sites for hydroxylation is 1. The Morgan fingerprint density at radius 1 is 1.26 bits per heavy atom. The summed E-state index contributed by atoms with van der Waals surface area (Å²) >= 11 is 0. The quantitative estimate of drug-likeness (QED) is 0.714. The van der Waals surface area contributed by atoms with Crippen LogP contribution in [0.1, 0.15) is 12.2 Å². The molecule has 4 heterocycles. The van der Waals surface area contributed by atoms with Gasteiger partial charge in [0, 0.05) is 31.4 Å². The van der Waals surface area contributed by atoms with Crippen LogP contribution in [0.5, 0.6) is 5.88 Å². The van der Waals surface area contributed by atoms with E-state index >= 15 is 0 Å².